The molecule has 19 heavy (non-hydrogen) atoms. The average Bonchev–Trinajstić information content (AvgIpc) is 2.46. The molecule has 2 aromatic rings. The summed E-state index contributed by atoms with van der Waals surface area (Å²) in [5, 5.41) is 13.1. The fourth-order valence-electron chi connectivity index (χ4n) is 1.66. The number of ether oxygens (including phenoxy) is 1. The molecule has 5 nitrogen and oxygen atoms in total. The number of methoxy groups -OCH3 is 1. The van der Waals surface area contributed by atoms with E-state index in [9.17, 15) is 5.11 Å². The fraction of sp³-hybridized carbons (Fsp3) is 0.214. The summed E-state index contributed by atoms with van der Waals surface area (Å²) in [6, 6.07) is 12.6. The lowest BCUT2D eigenvalue weighted by molar-refractivity contribution is 0.191. The third kappa shape index (κ3) is 3.59. The number of hydrogen-bond acceptors (Lipinski definition) is 5. The smallest absolute Gasteiger partial charge is 0.214 e. The largest absolute Gasteiger partial charge is 0.481 e. The van der Waals surface area contributed by atoms with Gasteiger partial charge in [-0.3, -0.25) is 0 Å². The number of aliphatic hydroxyl groups excluding tert-OH is 1. The molecular weight excluding hydrogens is 242 g/mol. The Labute approximate surface area is 112 Å². The van der Waals surface area contributed by atoms with Crippen LogP contribution >= 0.6 is 0 Å². The zero-order valence-electron chi connectivity index (χ0n) is 10.7. The molecule has 0 saturated heterocycles. The van der Waals surface area contributed by atoms with E-state index >= 15 is 0 Å². The van der Waals surface area contributed by atoms with Gasteiger partial charge in [0, 0.05) is 18.3 Å². The molecule has 1 aromatic carbocycles. The summed E-state index contributed by atoms with van der Waals surface area (Å²) in [5.41, 5.74) is 7.09. The molecule has 5 heteroatoms. The number of nitrogens with zero attached hydrogens (tertiary/aromatic N) is 1. The predicted molar refractivity (Wildman–Crippen MR) is 75.1 cm³/mol. The van der Waals surface area contributed by atoms with Crippen LogP contribution in [0.25, 0.3) is 0 Å². The van der Waals surface area contributed by atoms with Crippen LogP contribution in [0.1, 0.15) is 11.7 Å². The van der Waals surface area contributed by atoms with Crippen LogP contribution in [0.2, 0.25) is 0 Å². The first-order valence-corrected chi connectivity index (χ1v) is 5.97. The highest BCUT2D eigenvalue weighted by atomic mass is 16.5. The maximum absolute atomic E-state index is 10.0. The minimum Gasteiger partial charge on any atom is -0.481 e. The normalized spacial score (nSPS) is 11.9. The Morgan fingerprint density at radius 2 is 2.00 bits per heavy atom. The molecule has 0 aliphatic heterocycles. The van der Waals surface area contributed by atoms with E-state index in [-0.39, 0.29) is 0 Å². The van der Waals surface area contributed by atoms with Gasteiger partial charge in [-0.1, -0.05) is 18.2 Å². The fourth-order valence-corrected chi connectivity index (χ4v) is 1.66. The van der Waals surface area contributed by atoms with E-state index in [1.165, 1.54) is 0 Å². The number of aliphatic hydroxyl groups is 1. The molecule has 0 spiro atoms. The minimum absolute atomic E-state index is 0.365. The van der Waals surface area contributed by atoms with Crippen molar-refractivity contribution in [2.75, 3.05) is 24.7 Å². The van der Waals surface area contributed by atoms with E-state index in [2.05, 4.69) is 10.3 Å². The molecule has 4 N–H and O–H groups in total. The molecule has 0 amide bonds. The van der Waals surface area contributed by atoms with Gasteiger partial charge in [-0.15, -0.1) is 0 Å². The lowest BCUT2D eigenvalue weighted by Gasteiger charge is -2.13. The van der Waals surface area contributed by atoms with Gasteiger partial charge < -0.3 is 20.9 Å². The number of benzene rings is 1. The highest BCUT2D eigenvalue weighted by Crippen LogP contribution is 2.16. The quantitative estimate of drug-likeness (QED) is 0.714. The van der Waals surface area contributed by atoms with Crippen LogP contribution in [0.4, 0.5) is 11.5 Å². The Kier molecular flexibility index (Phi) is 4.20. The summed E-state index contributed by atoms with van der Waals surface area (Å²) in [6.45, 7) is 0.365. The molecule has 0 saturated carbocycles. The van der Waals surface area contributed by atoms with Crippen molar-refractivity contribution in [3.63, 3.8) is 0 Å². The van der Waals surface area contributed by atoms with E-state index in [0.717, 1.165) is 5.56 Å². The number of pyridine rings is 1. The van der Waals surface area contributed by atoms with Crippen LogP contribution in [0.3, 0.4) is 0 Å². The zero-order valence-corrected chi connectivity index (χ0v) is 10.7. The second-order valence-electron chi connectivity index (χ2n) is 4.13. The first-order chi connectivity index (χ1) is 9.19. The molecular formula is C14H17N3O2. The zero-order chi connectivity index (χ0) is 13.7. The summed E-state index contributed by atoms with van der Waals surface area (Å²) in [5.74, 6) is 1.20. The van der Waals surface area contributed by atoms with Gasteiger partial charge in [0.1, 0.15) is 5.82 Å². The third-order valence-electron chi connectivity index (χ3n) is 2.73. The maximum atomic E-state index is 10.0. The van der Waals surface area contributed by atoms with E-state index in [1.807, 2.05) is 12.1 Å². The molecule has 1 atom stereocenters. The molecule has 1 heterocycles. The molecule has 2 rings (SSSR count). The third-order valence-corrected chi connectivity index (χ3v) is 2.73. The van der Waals surface area contributed by atoms with Gasteiger partial charge in [-0.25, -0.2) is 0 Å². The number of hydrogen-bond donors (Lipinski definition) is 3. The van der Waals surface area contributed by atoms with E-state index in [4.69, 9.17) is 10.5 Å². The second-order valence-corrected chi connectivity index (χ2v) is 4.13. The van der Waals surface area contributed by atoms with Crippen molar-refractivity contribution < 1.29 is 9.84 Å². The number of anilines is 2. The molecule has 1 unspecified atom stereocenters. The van der Waals surface area contributed by atoms with Crippen LogP contribution in [-0.2, 0) is 0 Å². The van der Waals surface area contributed by atoms with Crippen molar-refractivity contribution >= 4 is 11.5 Å². The number of nitrogens with one attached hydrogen (secondary N) is 1. The molecule has 0 aliphatic carbocycles. The molecule has 0 aliphatic rings. The first kappa shape index (κ1) is 13.2. The average molecular weight is 259 g/mol. The topological polar surface area (TPSA) is 80.4 Å². The molecule has 1 aromatic heterocycles. The number of aromatic nitrogens is 1. The summed E-state index contributed by atoms with van der Waals surface area (Å²) in [7, 11) is 1.56. The minimum atomic E-state index is -0.617. The van der Waals surface area contributed by atoms with Crippen LogP contribution in [0, 0.1) is 0 Å². The van der Waals surface area contributed by atoms with Gasteiger partial charge in [-0.05, 0) is 23.8 Å². The molecule has 100 valence electrons. The van der Waals surface area contributed by atoms with Crippen molar-refractivity contribution in [3.8, 4) is 5.88 Å². The van der Waals surface area contributed by atoms with Crippen LogP contribution in [0.15, 0.2) is 42.5 Å². The summed E-state index contributed by atoms with van der Waals surface area (Å²) < 4.78 is 5.03. The monoisotopic (exact) mass is 259 g/mol. The van der Waals surface area contributed by atoms with Crippen molar-refractivity contribution in [1.29, 1.82) is 0 Å². The Morgan fingerprint density at radius 1 is 1.26 bits per heavy atom. The Bertz CT molecular complexity index is 528. The van der Waals surface area contributed by atoms with E-state index in [1.54, 1.807) is 37.4 Å². The van der Waals surface area contributed by atoms with Gasteiger partial charge in [0.25, 0.3) is 0 Å². The van der Waals surface area contributed by atoms with E-state index in [0.29, 0.717) is 23.9 Å². The number of nitrogens with two attached hydrogens (primary N) is 1. The molecule has 0 bridgehead atoms. The van der Waals surface area contributed by atoms with Crippen molar-refractivity contribution in [1.82, 2.24) is 4.98 Å². The molecule has 0 radical (unpaired) electrons. The Hall–Kier alpha value is -2.27. The first-order valence-electron chi connectivity index (χ1n) is 5.97. The lowest BCUT2D eigenvalue weighted by Crippen LogP contribution is -2.13. The standard InChI is InChI=1S/C14H17N3O2/c1-19-14-4-2-3-13(17-14)16-9-12(18)10-5-7-11(15)8-6-10/h2-8,12,18H,9,15H2,1H3,(H,16,17). The van der Waals surface area contributed by atoms with Gasteiger partial charge in [0.2, 0.25) is 5.88 Å². The Balaban J connectivity index is 1.96. The van der Waals surface area contributed by atoms with Gasteiger partial charge in [0.05, 0.1) is 13.2 Å². The van der Waals surface area contributed by atoms with Crippen molar-refractivity contribution in [2.24, 2.45) is 0 Å². The number of rotatable bonds is 5. The lowest BCUT2D eigenvalue weighted by atomic mass is 10.1. The van der Waals surface area contributed by atoms with E-state index < -0.39 is 6.10 Å². The van der Waals surface area contributed by atoms with Crippen molar-refractivity contribution in [3.05, 3.63) is 48.0 Å². The maximum Gasteiger partial charge on any atom is 0.214 e. The molecule has 0 fully saturated rings. The van der Waals surface area contributed by atoms with Crippen molar-refractivity contribution in [2.45, 2.75) is 6.10 Å². The van der Waals surface area contributed by atoms with Gasteiger partial charge in [-0.2, -0.15) is 4.98 Å². The van der Waals surface area contributed by atoms with Gasteiger partial charge >= 0.3 is 0 Å². The van der Waals surface area contributed by atoms with Crippen LogP contribution < -0.4 is 15.8 Å². The van der Waals surface area contributed by atoms with Crippen LogP contribution in [0.5, 0.6) is 5.88 Å². The Morgan fingerprint density at radius 3 is 2.68 bits per heavy atom. The summed E-state index contributed by atoms with van der Waals surface area (Å²) in [6.07, 6.45) is -0.617. The van der Waals surface area contributed by atoms with Crippen LogP contribution in [-0.4, -0.2) is 23.7 Å². The predicted octanol–water partition coefficient (Wildman–Crippen LogP) is 1.82. The summed E-state index contributed by atoms with van der Waals surface area (Å²) >= 11 is 0. The number of nitrogen functional groups attached to an aromatic ring is 1. The van der Waals surface area contributed by atoms with Gasteiger partial charge in [0.15, 0.2) is 0 Å². The SMILES string of the molecule is COc1cccc(NCC(O)c2ccc(N)cc2)n1. The highest BCUT2D eigenvalue weighted by molar-refractivity contribution is 5.41. The highest BCUT2D eigenvalue weighted by Gasteiger charge is 2.07. The summed E-state index contributed by atoms with van der Waals surface area (Å²) in [4.78, 5) is 4.21. The second kappa shape index (κ2) is 6.06.